The standard InChI is InChI=1S/C25H33N3O4S/c1-3-4-15-26-25(30)22-11-7-8-12-23(22)27-24(29)20-13-16-28(17-14-20)33(31,32)18-21-10-6-5-9-19(21)2/h5-12,20H,3-4,13-18H2,1-2H3,(H,26,30)(H,27,29). The van der Waals surface area contributed by atoms with Crippen LogP contribution in [0.2, 0.25) is 0 Å². The van der Waals surface area contributed by atoms with Gasteiger partial charge in [0.15, 0.2) is 0 Å². The molecule has 0 spiro atoms. The molecule has 178 valence electrons. The number of aryl methyl sites for hydroxylation is 1. The van der Waals surface area contributed by atoms with Crippen LogP contribution in [-0.2, 0) is 20.6 Å². The summed E-state index contributed by atoms with van der Waals surface area (Å²) in [5, 5.41) is 5.76. The molecule has 0 aromatic heterocycles. The van der Waals surface area contributed by atoms with Gasteiger partial charge in [-0.15, -0.1) is 0 Å². The third-order valence-corrected chi connectivity index (χ3v) is 7.89. The number of anilines is 1. The van der Waals surface area contributed by atoms with Gasteiger partial charge in [0.25, 0.3) is 5.91 Å². The van der Waals surface area contributed by atoms with Gasteiger partial charge in [0.1, 0.15) is 0 Å². The summed E-state index contributed by atoms with van der Waals surface area (Å²) in [6.45, 7) is 5.17. The summed E-state index contributed by atoms with van der Waals surface area (Å²) >= 11 is 0. The van der Waals surface area contributed by atoms with E-state index in [9.17, 15) is 18.0 Å². The van der Waals surface area contributed by atoms with E-state index in [-0.39, 0.29) is 23.5 Å². The van der Waals surface area contributed by atoms with Gasteiger partial charge in [0.2, 0.25) is 15.9 Å². The Morgan fingerprint density at radius 2 is 1.70 bits per heavy atom. The molecular weight excluding hydrogens is 438 g/mol. The summed E-state index contributed by atoms with van der Waals surface area (Å²) in [7, 11) is -3.45. The van der Waals surface area contributed by atoms with Crippen LogP contribution in [0.5, 0.6) is 0 Å². The number of carbonyl (C=O) groups is 2. The summed E-state index contributed by atoms with van der Waals surface area (Å²) < 4.78 is 27.3. The molecule has 1 aliphatic heterocycles. The first kappa shape index (κ1) is 24.9. The predicted octanol–water partition coefficient (Wildman–Crippen LogP) is 3.71. The number of para-hydroxylation sites is 1. The van der Waals surface area contributed by atoms with Gasteiger partial charge >= 0.3 is 0 Å². The molecule has 2 amide bonds. The van der Waals surface area contributed by atoms with Gasteiger partial charge in [0.05, 0.1) is 17.0 Å². The highest BCUT2D eigenvalue weighted by atomic mass is 32.2. The summed E-state index contributed by atoms with van der Waals surface area (Å²) in [6, 6.07) is 14.4. The third kappa shape index (κ3) is 6.65. The number of nitrogens with zero attached hydrogens (tertiary/aromatic N) is 1. The molecule has 1 aliphatic rings. The molecule has 0 unspecified atom stereocenters. The Morgan fingerprint density at radius 1 is 1.03 bits per heavy atom. The Balaban J connectivity index is 1.58. The van der Waals surface area contributed by atoms with E-state index in [4.69, 9.17) is 0 Å². The fourth-order valence-corrected chi connectivity index (χ4v) is 5.62. The number of rotatable bonds is 9. The normalized spacial score (nSPS) is 15.2. The van der Waals surface area contributed by atoms with Gasteiger partial charge in [-0.1, -0.05) is 49.7 Å². The van der Waals surface area contributed by atoms with E-state index in [0.717, 1.165) is 24.0 Å². The monoisotopic (exact) mass is 471 g/mol. The van der Waals surface area contributed by atoms with Crippen molar-refractivity contribution in [2.24, 2.45) is 5.92 Å². The number of benzene rings is 2. The number of piperidine rings is 1. The van der Waals surface area contributed by atoms with Crippen LogP contribution in [0, 0.1) is 12.8 Å². The number of hydrogen-bond acceptors (Lipinski definition) is 4. The molecule has 1 fully saturated rings. The highest BCUT2D eigenvalue weighted by Gasteiger charge is 2.31. The summed E-state index contributed by atoms with van der Waals surface area (Å²) in [6.07, 6.45) is 2.77. The Hall–Kier alpha value is -2.71. The first-order valence-corrected chi connectivity index (χ1v) is 13.1. The van der Waals surface area contributed by atoms with Crippen molar-refractivity contribution in [3.8, 4) is 0 Å². The lowest BCUT2D eigenvalue weighted by Crippen LogP contribution is -2.42. The second-order valence-electron chi connectivity index (χ2n) is 8.50. The van der Waals surface area contributed by atoms with Crippen molar-refractivity contribution in [1.82, 2.24) is 9.62 Å². The van der Waals surface area contributed by atoms with Crippen LogP contribution < -0.4 is 10.6 Å². The van der Waals surface area contributed by atoms with Crippen molar-refractivity contribution >= 4 is 27.5 Å². The Morgan fingerprint density at radius 3 is 2.39 bits per heavy atom. The van der Waals surface area contributed by atoms with Crippen LogP contribution in [0.1, 0.15) is 54.1 Å². The lowest BCUT2D eigenvalue weighted by atomic mass is 9.97. The maximum Gasteiger partial charge on any atom is 0.253 e. The van der Waals surface area contributed by atoms with Crippen molar-refractivity contribution in [3.63, 3.8) is 0 Å². The van der Waals surface area contributed by atoms with Crippen molar-refractivity contribution in [2.75, 3.05) is 25.0 Å². The topological polar surface area (TPSA) is 95.6 Å². The quantitative estimate of drug-likeness (QED) is 0.545. The van der Waals surface area contributed by atoms with Crippen LogP contribution >= 0.6 is 0 Å². The number of unbranched alkanes of at least 4 members (excludes halogenated alkanes) is 1. The SMILES string of the molecule is CCCCNC(=O)c1ccccc1NC(=O)C1CCN(S(=O)(=O)Cc2ccccc2C)CC1. The molecule has 1 saturated heterocycles. The number of amides is 2. The maximum absolute atomic E-state index is 12.9. The minimum absolute atomic E-state index is 0.0307. The fourth-order valence-electron chi connectivity index (χ4n) is 3.95. The lowest BCUT2D eigenvalue weighted by molar-refractivity contribution is -0.120. The number of carbonyl (C=O) groups excluding carboxylic acids is 2. The number of sulfonamides is 1. The van der Waals surface area contributed by atoms with Crippen LogP contribution in [0.3, 0.4) is 0 Å². The molecule has 33 heavy (non-hydrogen) atoms. The molecule has 0 bridgehead atoms. The molecule has 1 heterocycles. The second kappa shape index (κ2) is 11.4. The second-order valence-corrected chi connectivity index (χ2v) is 10.5. The average molecular weight is 472 g/mol. The summed E-state index contributed by atoms with van der Waals surface area (Å²) in [5.74, 6) is -0.723. The van der Waals surface area contributed by atoms with Gasteiger partial charge < -0.3 is 10.6 Å². The fraction of sp³-hybridized carbons (Fsp3) is 0.440. The van der Waals surface area contributed by atoms with E-state index in [0.29, 0.717) is 43.7 Å². The molecule has 2 aromatic rings. The van der Waals surface area contributed by atoms with Crippen molar-refractivity contribution in [1.29, 1.82) is 0 Å². The third-order valence-electron chi connectivity index (χ3n) is 6.06. The van der Waals surface area contributed by atoms with Crippen LogP contribution in [0.4, 0.5) is 5.69 Å². The molecule has 0 atom stereocenters. The largest absolute Gasteiger partial charge is 0.352 e. The van der Waals surface area contributed by atoms with E-state index in [1.807, 2.05) is 31.2 Å². The van der Waals surface area contributed by atoms with E-state index in [1.54, 1.807) is 24.3 Å². The zero-order chi connectivity index (χ0) is 23.8. The van der Waals surface area contributed by atoms with E-state index >= 15 is 0 Å². The molecule has 8 heteroatoms. The minimum atomic E-state index is -3.45. The van der Waals surface area contributed by atoms with Gasteiger partial charge in [-0.25, -0.2) is 12.7 Å². The van der Waals surface area contributed by atoms with Crippen LogP contribution in [0.15, 0.2) is 48.5 Å². The van der Waals surface area contributed by atoms with Crippen LogP contribution in [-0.4, -0.2) is 44.2 Å². The molecule has 0 radical (unpaired) electrons. The number of nitrogens with one attached hydrogen (secondary N) is 2. The average Bonchev–Trinajstić information content (AvgIpc) is 2.81. The summed E-state index contributed by atoms with van der Waals surface area (Å²) in [4.78, 5) is 25.4. The maximum atomic E-state index is 12.9. The Bertz CT molecular complexity index is 1080. The highest BCUT2D eigenvalue weighted by Crippen LogP contribution is 2.25. The predicted molar refractivity (Wildman–Crippen MR) is 130 cm³/mol. The molecule has 0 saturated carbocycles. The number of hydrogen-bond donors (Lipinski definition) is 2. The molecule has 2 N–H and O–H groups in total. The zero-order valence-corrected chi connectivity index (χ0v) is 20.2. The molecule has 3 rings (SSSR count). The minimum Gasteiger partial charge on any atom is -0.352 e. The molecule has 2 aromatic carbocycles. The molecule has 0 aliphatic carbocycles. The van der Waals surface area contributed by atoms with Gasteiger partial charge in [-0.3, -0.25) is 9.59 Å². The first-order chi connectivity index (χ1) is 15.8. The first-order valence-electron chi connectivity index (χ1n) is 11.5. The molecular formula is C25H33N3O4S. The van der Waals surface area contributed by atoms with E-state index in [2.05, 4.69) is 17.6 Å². The zero-order valence-electron chi connectivity index (χ0n) is 19.3. The van der Waals surface area contributed by atoms with E-state index < -0.39 is 10.0 Å². The Kier molecular flexibility index (Phi) is 8.63. The van der Waals surface area contributed by atoms with Crippen molar-refractivity contribution in [2.45, 2.75) is 45.3 Å². The van der Waals surface area contributed by atoms with Gasteiger partial charge in [0, 0.05) is 25.6 Å². The van der Waals surface area contributed by atoms with Crippen LogP contribution in [0.25, 0.3) is 0 Å². The van der Waals surface area contributed by atoms with Gasteiger partial charge in [-0.05, 0) is 49.4 Å². The van der Waals surface area contributed by atoms with Crippen molar-refractivity contribution in [3.05, 3.63) is 65.2 Å². The summed E-state index contributed by atoms with van der Waals surface area (Å²) in [5.41, 5.74) is 2.66. The highest BCUT2D eigenvalue weighted by molar-refractivity contribution is 7.88. The lowest BCUT2D eigenvalue weighted by Gasteiger charge is -2.30. The smallest absolute Gasteiger partial charge is 0.253 e. The van der Waals surface area contributed by atoms with E-state index in [1.165, 1.54) is 4.31 Å². The molecule has 7 nitrogen and oxygen atoms in total. The van der Waals surface area contributed by atoms with Gasteiger partial charge in [-0.2, -0.15) is 0 Å². The van der Waals surface area contributed by atoms with Crippen molar-refractivity contribution < 1.29 is 18.0 Å². The Labute approximate surface area is 196 Å².